The second-order valence-electron chi connectivity index (χ2n) is 11.7. The topological polar surface area (TPSA) is 16.4 Å². The molecule has 0 N–H and O–H groups in total. The van der Waals surface area contributed by atoms with Crippen molar-refractivity contribution in [2.75, 3.05) is 4.90 Å². The summed E-state index contributed by atoms with van der Waals surface area (Å²) in [6.45, 7) is 0. The zero-order valence-electron chi connectivity index (χ0n) is 25.1. The minimum absolute atomic E-state index is 0.872. The van der Waals surface area contributed by atoms with E-state index >= 15 is 0 Å². The number of hydrogen-bond donors (Lipinski definition) is 0. The molecule has 0 bridgehead atoms. The molecule has 0 aliphatic carbocycles. The van der Waals surface area contributed by atoms with Gasteiger partial charge in [-0.2, -0.15) is 0 Å². The summed E-state index contributed by atoms with van der Waals surface area (Å²) < 4.78 is 6.77. The van der Waals surface area contributed by atoms with Crippen LogP contribution < -0.4 is 4.90 Å². The van der Waals surface area contributed by atoms with Crippen molar-refractivity contribution in [1.29, 1.82) is 0 Å². The van der Waals surface area contributed by atoms with Gasteiger partial charge in [0.2, 0.25) is 0 Å². The van der Waals surface area contributed by atoms with Crippen LogP contribution in [0.1, 0.15) is 0 Å². The molecular formula is C44H29NO. The van der Waals surface area contributed by atoms with E-state index in [4.69, 9.17) is 4.42 Å². The Labute approximate surface area is 267 Å². The molecule has 1 heterocycles. The fourth-order valence-electron chi connectivity index (χ4n) is 6.92. The maximum Gasteiger partial charge on any atom is 0.159 e. The molecule has 0 aliphatic heterocycles. The summed E-state index contributed by atoms with van der Waals surface area (Å²) in [4.78, 5) is 2.36. The molecule has 0 radical (unpaired) electrons. The smallest absolute Gasteiger partial charge is 0.159 e. The molecule has 0 spiro atoms. The second-order valence-corrected chi connectivity index (χ2v) is 11.7. The maximum absolute atomic E-state index is 6.77. The highest BCUT2D eigenvalue weighted by Gasteiger charge is 2.22. The lowest BCUT2D eigenvalue weighted by Crippen LogP contribution is -2.11. The Hall–Kier alpha value is -6.12. The minimum atomic E-state index is 0.872. The number of hydrogen-bond acceptors (Lipinski definition) is 2. The molecule has 1 aromatic heterocycles. The van der Waals surface area contributed by atoms with Gasteiger partial charge >= 0.3 is 0 Å². The summed E-state index contributed by atoms with van der Waals surface area (Å²) >= 11 is 0. The molecule has 0 aliphatic rings. The number of nitrogens with zero attached hydrogens (tertiary/aromatic N) is 1. The van der Waals surface area contributed by atoms with Crippen molar-refractivity contribution < 1.29 is 4.42 Å². The van der Waals surface area contributed by atoms with Crippen LogP contribution in [0.5, 0.6) is 0 Å². The molecule has 0 unspecified atom stereocenters. The molecular weight excluding hydrogens is 558 g/mol. The quantitative estimate of drug-likeness (QED) is 0.199. The van der Waals surface area contributed by atoms with Crippen molar-refractivity contribution in [2.45, 2.75) is 0 Å². The van der Waals surface area contributed by atoms with Gasteiger partial charge in [0.25, 0.3) is 0 Å². The molecule has 9 rings (SSSR count). The van der Waals surface area contributed by atoms with Crippen molar-refractivity contribution in [3.05, 3.63) is 176 Å². The van der Waals surface area contributed by atoms with E-state index in [1.54, 1.807) is 0 Å². The van der Waals surface area contributed by atoms with Crippen molar-refractivity contribution in [3.63, 3.8) is 0 Å². The Bertz CT molecular complexity index is 2510. The zero-order chi connectivity index (χ0) is 30.5. The van der Waals surface area contributed by atoms with Crippen LogP contribution in [-0.2, 0) is 0 Å². The Kier molecular flexibility index (Phi) is 6.17. The third kappa shape index (κ3) is 4.27. The summed E-state index contributed by atoms with van der Waals surface area (Å²) in [5, 5.41) is 7.06. The number of benzene rings is 8. The monoisotopic (exact) mass is 587 g/mol. The SMILES string of the molecule is c1ccc(-c2ccc(N(c3ccc(-c4ccccc4)c4ccccc34)c3cccc4c3oc3ccc5ccccc5c34)cc2)cc1. The Morgan fingerprint density at radius 3 is 1.78 bits per heavy atom. The third-order valence-corrected chi connectivity index (χ3v) is 9.07. The van der Waals surface area contributed by atoms with Crippen LogP contribution in [0.3, 0.4) is 0 Å². The first-order valence-corrected chi connectivity index (χ1v) is 15.7. The van der Waals surface area contributed by atoms with E-state index in [1.807, 2.05) is 0 Å². The molecule has 0 atom stereocenters. The van der Waals surface area contributed by atoms with Gasteiger partial charge in [0.1, 0.15) is 5.58 Å². The largest absolute Gasteiger partial charge is 0.454 e. The summed E-state index contributed by atoms with van der Waals surface area (Å²) in [5.41, 5.74) is 9.73. The first-order chi connectivity index (χ1) is 22.8. The third-order valence-electron chi connectivity index (χ3n) is 9.07. The average Bonchev–Trinajstić information content (AvgIpc) is 3.53. The fourth-order valence-corrected chi connectivity index (χ4v) is 6.92. The van der Waals surface area contributed by atoms with Crippen molar-refractivity contribution >= 4 is 60.5 Å². The predicted molar refractivity (Wildman–Crippen MR) is 194 cm³/mol. The van der Waals surface area contributed by atoms with Gasteiger partial charge in [-0.25, -0.2) is 0 Å². The summed E-state index contributed by atoms with van der Waals surface area (Å²) in [6, 6.07) is 62.6. The van der Waals surface area contributed by atoms with Gasteiger partial charge in [-0.05, 0) is 68.7 Å². The van der Waals surface area contributed by atoms with Gasteiger partial charge in [-0.1, -0.05) is 146 Å². The van der Waals surface area contributed by atoms with Gasteiger partial charge in [-0.15, -0.1) is 0 Å². The number of para-hydroxylation sites is 1. The Morgan fingerprint density at radius 1 is 0.370 bits per heavy atom. The van der Waals surface area contributed by atoms with E-state index in [2.05, 4.69) is 181 Å². The van der Waals surface area contributed by atoms with Crippen molar-refractivity contribution in [3.8, 4) is 22.3 Å². The van der Waals surface area contributed by atoms with Crippen LogP contribution in [-0.4, -0.2) is 0 Å². The number of rotatable bonds is 5. The van der Waals surface area contributed by atoms with E-state index < -0.39 is 0 Å². The lowest BCUT2D eigenvalue weighted by molar-refractivity contribution is 0.669. The second kappa shape index (κ2) is 10.8. The van der Waals surface area contributed by atoms with E-state index in [-0.39, 0.29) is 0 Å². The van der Waals surface area contributed by atoms with Crippen molar-refractivity contribution in [1.82, 2.24) is 0 Å². The molecule has 2 nitrogen and oxygen atoms in total. The van der Waals surface area contributed by atoms with Crippen molar-refractivity contribution in [2.24, 2.45) is 0 Å². The maximum atomic E-state index is 6.77. The molecule has 46 heavy (non-hydrogen) atoms. The molecule has 9 aromatic rings. The molecule has 0 fully saturated rings. The first kappa shape index (κ1) is 26.3. The van der Waals surface area contributed by atoms with Crippen LogP contribution in [0.25, 0.3) is 65.7 Å². The highest BCUT2D eigenvalue weighted by atomic mass is 16.3. The van der Waals surface area contributed by atoms with Crippen LogP contribution in [0.4, 0.5) is 17.1 Å². The molecule has 2 heteroatoms. The number of anilines is 3. The van der Waals surface area contributed by atoms with Crippen LogP contribution >= 0.6 is 0 Å². The average molecular weight is 588 g/mol. The van der Waals surface area contributed by atoms with E-state index in [0.29, 0.717) is 0 Å². The Morgan fingerprint density at radius 2 is 1.00 bits per heavy atom. The van der Waals surface area contributed by atoms with Gasteiger partial charge in [0.05, 0.1) is 11.4 Å². The summed E-state index contributed by atoms with van der Waals surface area (Å²) in [7, 11) is 0. The zero-order valence-corrected chi connectivity index (χ0v) is 25.1. The van der Waals surface area contributed by atoms with Crippen LogP contribution in [0.15, 0.2) is 180 Å². The fraction of sp³-hybridized carbons (Fsp3) is 0. The van der Waals surface area contributed by atoms with E-state index in [9.17, 15) is 0 Å². The van der Waals surface area contributed by atoms with Gasteiger partial charge in [0, 0.05) is 21.8 Å². The minimum Gasteiger partial charge on any atom is -0.454 e. The number of furan rings is 1. The van der Waals surface area contributed by atoms with Crippen LogP contribution in [0, 0.1) is 0 Å². The lowest BCUT2D eigenvalue weighted by Gasteiger charge is -2.27. The normalized spacial score (nSPS) is 11.5. The molecule has 8 aromatic carbocycles. The highest BCUT2D eigenvalue weighted by Crippen LogP contribution is 2.46. The van der Waals surface area contributed by atoms with Gasteiger partial charge in [-0.3, -0.25) is 0 Å². The predicted octanol–water partition coefficient (Wildman–Crippen LogP) is 12.7. The molecule has 0 saturated heterocycles. The molecule has 0 amide bonds. The van der Waals surface area contributed by atoms with Gasteiger partial charge < -0.3 is 9.32 Å². The first-order valence-electron chi connectivity index (χ1n) is 15.7. The number of fused-ring (bicyclic) bond motifs is 6. The summed E-state index contributed by atoms with van der Waals surface area (Å²) in [6.07, 6.45) is 0. The van der Waals surface area contributed by atoms with E-state index in [0.717, 1.165) is 39.0 Å². The molecule has 0 saturated carbocycles. The van der Waals surface area contributed by atoms with E-state index in [1.165, 1.54) is 43.8 Å². The Balaban J connectivity index is 1.32. The standard InChI is InChI=1S/C44H29NO/c1-3-12-30(13-4-1)31-22-25-34(26-23-31)45(40-28-27-35(32-14-5-2-6-15-32)37-18-9-10-19-38(37)40)41-21-11-20-39-43-36-17-8-7-16-33(36)24-29-42(43)46-44(39)41/h1-29H. The van der Waals surface area contributed by atoms with Gasteiger partial charge in [0.15, 0.2) is 5.58 Å². The highest BCUT2D eigenvalue weighted by molar-refractivity contribution is 6.21. The molecule has 216 valence electrons. The van der Waals surface area contributed by atoms with Crippen LogP contribution in [0.2, 0.25) is 0 Å². The summed E-state index contributed by atoms with van der Waals surface area (Å²) in [5.74, 6) is 0. The lowest BCUT2D eigenvalue weighted by atomic mass is 9.96.